The molecule has 0 bridgehead atoms. The van der Waals surface area contributed by atoms with Gasteiger partial charge in [-0.05, 0) is 56.1 Å². The van der Waals surface area contributed by atoms with E-state index in [-0.39, 0.29) is 5.69 Å². The van der Waals surface area contributed by atoms with Crippen LogP contribution in [-0.4, -0.2) is 20.9 Å². The molecular formula is C24H21AlNO2. The molecule has 137 valence electrons. The topological polar surface area (TPSA) is 31.4 Å². The number of aromatic nitrogens is 1. The fraction of sp³-hybridized carbons (Fsp3) is 0.125. The van der Waals surface area contributed by atoms with Crippen molar-refractivity contribution in [2.75, 3.05) is 0 Å². The molecule has 0 atom stereocenters. The Morgan fingerprint density at radius 1 is 0.821 bits per heavy atom. The highest BCUT2D eigenvalue weighted by molar-refractivity contribution is 6.21. The second kappa shape index (κ2) is 8.06. The average molecular weight is 385 g/mol. The molecule has 1 radical (unpaired) electrons. The summed E-state index contributed by atoms with van der Waals surface area (Å²) >= 11 is -0.838. The monoisotopic (exact) mass is 385 g/mol. The number of para-hydroxylation sites is 1. The van der Waals surface area contributed by atoms with E-state index in [1.807, 2.05) is 36.4 Å². The fourth-order valence-electron chi connectivity index (χ4n) is 3.21. The van der Waals surface area contributed by atoms with E-state index < -0.39 is 22.7 Å². The van der Waals surface area contributed by atoms with Crippen LogP contribution in [0.3, 0.4) is 0 Å². The van der Waals surface area contributed by atoms with E-state index in [4.69, 9.17) is 11.7 Å². The van der Waals surface area contributed by atoms with Crippen molar-refractivity contribution >= 4 is 26.8 Å². The zero-order valence-electron chi connectivity index (χ0n) is 18.8. The zero-order chi connectivity index (χ0) is 22.0. The molecule has 0 amide bonds. The summed E-state index contributed by atoms with van der Waals surface area (Å²) in [5.74, 6) is 1.24. The van der Waals surface area contributed by atoms with Crippen molar-refractivity contribution in [1.29, 1.82) is 0 Å². The quantitative estimate of drug-likeness (QED) is 0.406. The number of fused-ring (bicyclic) bond motifs is 1. The van der Waals surface area contributed by atoms with Crippen molar-refractivity contribution in [1.82, 2.24) is 4.98 Å². The molecule has 4 heteroatoms. The molecular weight excluding hydrogens is 361 g/mol. The van der Waals surface area contributed by atoms with Crippen LogP contribution in [0.1, 0.15) is 20.9 Å². The Kier molecular flexibility index (Phi) is 4.37. The smallest absolute Gasteiger partial charge is 0.616 e. The average Bonchev–Trinajstić information content (AvgIpc) is 2.73. The number of hydrogen-bond donors (Lipinski definition) is 0. The molecule has 0 aliphatic heterocycles. The maximum absolute atomic E-state index is 7.58. The van der Waals surface area contributed by atoms with Gasteiger partial charge in [0.2, 0.25) is 0 Å². The van der Waals surface area contributed by atoms with E-state index in [2.05, 4.69) is 37.0 Å². The summed E-state index contributed by atoms with van der Waals surface area (Å²) in [6, 6.07) is 23.2. The van der Waals surface area contributed by atoms with Gasteiger partial charge in [0.1, 0.15) is 11.3 Å². The molecule has 0 fully saturated rings. The van der Waals surface area contributed by atoms with Crippen molar-refractivity contribution in [3.8, 4) is 22.6 Å². The third-order valence-corrected chi connectivity index (χ3v) is 5.17. The van der Waals surface area contributed by atoms with E-state index >= 15 is 0 Å². The number of pyridine rings is 1. The molecule has 3 aromatic carbocycles. The standard InChI is InChI=1S/C14H14O.C10H9NO.Al/c1-10-7-11(2)9-13(8-10)12-3-5-14(15)6-4-12;1-7-5-6-8-3-2-4-9(12)10(8)11-7;/h3-9,15H,1-2H3;2-6,12H,1H3;/q;;+2/p-2/i;1D3;. The molecule has 0 spiro atoms. The summed E-state index contributed by atoms with van der Waals surface area (Å²) in [5.41, 5.74) is 5.36. The normalized spacial score (nSPS) is 12.7. The molecule has 3 nitrogen and oxygen atoms in total. The summed E-state index contributed by atoms with van der Waals surface area (Å²) in [7, 11) is 0. The van der Waals surface area contributed by atoms with Crippen LogP contribution in [0.2, 0.25) is 0 Å². The van der Waals surface area contributed by atoms with Gasteiger partial charge in [0, 0.05) is 15.2 Å². The minimum Gasteiger partial charge on any atom is -0.616 e. The van der Waals surface area contributed by atoms with Crippen molar-refractivity contribution in [2.24, 2.45) is 0 Å². The lowest BCUT2D eigenvalue weighted by Gasteiger charge is -2.11. The Morgan fingerprint density at radius 3 is 2.36 bits per heavy atom. The SMILES string of the molecule is [2H]C([2H])([2H])c1ccc2cccc([O][Al][O]c3ccc(-c4cc(C)cc(C)c4)cc3)c2n1. The van der Waals surface area contributed by atoms with Gasteiger partial charge in [-0.2, -0.15) is 0 Å². The Labute approximate surface area is 176 Å². The maximum atomic E-state index is 7.58. The van der Waals surface area contributed by atoms with Gasteiger partial charge in [-0.1, -0.05) is 59.7 Å². The first-order valence-corrected chi connectivity index (χ1v) is 9.98. The minimum absolute atomic E-state index is 0.0499. The molecule has 0 aliphatic rings. The molecule has 4 aromatic rings. The van der Waals surface area contributed by atoms with E-state index in [9.17, 15) is 0 Å². The largest absolute Gasteiger partial charge is 0.881 e. The van der Waals surface area contributed by atoms with Crippen LogP contribution >= 0.6 is 0 Å². The highest BCUT2D eigenvalue weighted by Crippen LogP contribution is 2.26. The molecule has 1 heterocycles. The first kappa shape index (κ1) is 15.2. The van der Waals surface area contributed by atoms with Gasteiger partial charge in [0.25, 0.3) is 0 Å². The molecule has 28 heavy (non-hydrogen) atoms. The summed E-state index contributed by atoms with van der Waals surface area (Å²) in [6.45, 7) is 1.93. The number of rotatable bonds is 5. The van der Waals surface area contributed by atoms with Crippen molar-refractivity contribution in [3.63, 3.8) is 0 Å². The number of hydrogen-bond acceptors (Lipinski definition) is 3. The Hall–Kier alpha value is -2.80. The van der Waals surface area contributed by atoms with E-state index in [0.29, 0.717) is 11.3 Å². The summed E-state index contributed by atoms with van der Waals surface area (Å²) in [6.07, 6.45) is 0. The van der Waals surface area contributed by atoms with Gasteiger partial charge in [-0.3, -0.25) is 0 Å². The lowest BCUT2D eigenvalue weighted by atomic mass is 10.0. The highest BCUT2D eigenvalue weighted by Gasteiger charge is 2.10. The van der Waals surface area contributed by atoms with E-state index in [1.165, 1.54) is 22.8 Å². The summed E-state index contributed by atoms with van der Waals surface area (Å²) < 4.78 is 34.4. The van der Waals surface area contributed by atoms with Crippen LogP contribution < -0.4 is 7.58 Å². The molecule has 1 aromatic heterocycles. The minimum atomic E-state index is -2.26. The Morgan fingerprint density at radius 2 is 1.61 bits per heavy atom. The number of benzene rings is 3. The van der Waals surface area contributed by atoms with E-state index in [0.717, 1.165) is 16.7 Å². The van der Waals surface area contributed by atoms with Crippen LogP contribution in [0.15, 0.2) is 72.8 Å². The van der Waals surface area contributed by atoms with Crippen LogP contribution in [0, 0.1) is 20.7 Å². The molecule has 0 N–H and O–H groups in total. The zero-order valence-corrected chi connectivity index (χ0v) is 16.9. The first-order valence-electron chi connectivity index (χ1n) is 10.5. The third-order valence-electron chi connectivity index (χ3n) is 4.45. The molecule has 0 saturated carbocycles. The maximum Gasteiger partial charge on any atom is 0.881 e. The van der Waals surface area contributed by atoms with Crippen LogP contribution in [-0.2, 0) is 0 Å². The number of aryl methyl sites for hydroxylation is 3. The summed E-state index contributed by atoms with van der Waals surface area (Å²) in [4.78, 5) is 4.30. The fourth-order valence-corrected chi connectivity index (χ4v) is 3.82. The lowest BCUT2D eigenvalue weighted by Crippen LogP contribution is -2.11. The van der Waals surface area contributed by atoms with Gasteiger partial charge in [-0.25, -0.2) is 4.98 Å². The van der Waals surface area contributed by atoms with Gasteiger partial charge in [-0.15, -0.1) is 0 Å². The molecule has 0 unspecified atom stereocenters. The predicted octanol–water partition coefficient (Wildman–Crippen LogP) is 5.82. The molecule has 0 saturated heterocycles. The third kappa shape index (κ3) is 4.20. The lowest BCUT2D eigenvalue weighted by molar-refractivity contribution is 0.461. The van der Waals surface area contributed by atoms with Crippen molar-refractivity contribution < 1.29 is 11.7 Å². The first-order chi connectivity index (χ1) is 14.8. The Balaban J connectivity index is 1.46. The van der Waals surface area contributed by atoms with Crippen LogP contribution in [0.25, 0.3) is 22.0 Å². The van der Waals surface area contributed by atoms with Gasteiger partial charge < -0.3 is 7.58 Å². The predicted molar refractivity (Wildman–Crippen MR) is 115 cm³/mol. The molecule has 4 rings (SSSR count). The van der Waals surface area contributed by atoms with Crippen LogP contribution in [0.4, 0.5) is 0 Å². The van der Waals surface area contributed by atoms with Gasteiger partial charge in [0.05, 0.1) is 5.75 Å². The second-order valence-electron chi connectivity index (χ2n) is 6.76. The highest BCUT2D eigenvalue weighted by atomic mass is 27.2. The second-order valence-corrected chi connectivity index (χ2v) is 7.42. The van der Waals surface area contributed by atoms with Gasteiger partial charge in [0.15, 0.2) is 0 Å². The number of nitrogens with zero attached hydrogens (tertiary/aromatic N) is 1. The van der Waals surface area contributed by atoms with E-state index in [1.54, 1.807) is 12.1 Å². The van der Waals surface area contributed by atoms with Crippen LogP contribution in [0.5, 0.6) is 11.5 Å². The van der Waals surface area contributed by atoms with Crippen molar-refractivity contribution in [2.45, 2.75) is 20.7 Å². The van der Waals surface area contributed by atoms with Gasteiger partial charge >= 0.3 is 15.9 Å². The summed E-state index contributed by atoms with van der Waals surface area (Å²) in [5, 5.41) is 0.822. The Bertz CT molecular complexity index is 1200. The molecule has 0 aliphatic carbocycles. The van der Waals surface area contributed by atoms with Crippen molar-refractivity contribution in [3.05, 3.63) is 89.6 Å².